The lowest BCUT2D eigenvalue weighted by Gasteiger charge is -2.22. The minimum Gasteiger partial charge on any atom is -0.334 e. The van der Waals surface area contributed by atoms with Gasteiger partial charge >= 0.3 is 0 Å². The van der Waals surface area contributed by atoms with Gasteiger partial charge in [-0.25, -0.2) is 9.97 Å². The maximum absolute atomic E-state index is 8.87. The Labute approximate surface area is 135 Å². The maximum Gasteiger partial charge on any atom is 0.134 e. The summed E-state index contributed by atoms with van der Waals surface area (Å²) < 4.78 is 1.99. The van der Waals surface area contributed by atoms with Crippen LogP contribution >= 0.6 is 0 Å². The first-order chi connectivity index (χ1) is 11.1. The summed E-state index contributed by atoms with van der Waals surface area (Å²) in [6, 6.07) is 10.4. The molecule has 0 saturated carbocycles. The van der Waals surface area contributed by atoms with E-state index in [0.717, 1.165) is 34.5 Å². The SMILES string of the molecule is CCc1cc(CC#N)ccc1N(C)c1cc2c(cn1)ncn2C. The Kier molecular flexibility index (Phi) is 3.98. The number of nitriles is 1. The van der Waals surface area contributed by atoms with Crippen LogP contribution in [0.4, 0.5) is 11.5 Å². The number of anilines is 2. The van der Waals surface area contributed by atoms with E-state index < -0.39 is 0 Å². The first-order valence-corrected chi connectivity index (χ1v) is 7.63. The van der Waals surface area contributed by atoms with Gasteiger partial charge in [-0.05, 0) is 23.6 Å². The highest BCUT2D eigenvalue weighted by molar-refractivity contribution is 5.79. The van der Waals surface area contributed by atoms with E-state index in [2.05, 4.69) is 40.0 Å². The highest BCUT2D eigenvalue weighted by atomic mass is 15.2. The molecule has 5 nitrogen and oxygen atoms in total. The molecule has 0 radical (unpaired) electrons. The minimum atomic E-state index is 0.441. The van der Waals surface area contributed by atoms with Gasteiger partial charge < -0.3 is 9.47 Å². The Morgan fingerprint density at radius 3 is 2.83 bits per heavy atom. The third-order valence-electron chi connectivity index (χ3n) is 4.11. The van der Waals surface area contributed by atoms with Crippen molar-refractivity contribution in [3.8, 4) is 6.07 Å². The molecule has 23 heavy (non-hydrogen) atoms. The Hall–Kier alpha value is -2.87. The summed E-state index contributed by atoms with van der Waals surface area (Å²) in [5.41, 5.74) is 5.33. The monoisotopic (exact) mass is 305 g/mol. The second kappa shape index (κ2) is 6.09. The van der Waals surface area contributed by atoms with Crippen LogP contribution in [0.1, 0.15) is 18.1 Å². The first kappa shape index (κ1) is 15.0. The van der Waals surface area contributed by atoms with E-state index in [9.17, 15) is 0 Å². The van der Waals surface area contributed by atoms with Crippen LogP contribution in [0.5, 0.6) is 0 Å². The fourth-order valence-electron chi connectivity index (χ4n) is 2.78. The summed E-state index contributed by atoms with van der Waals surface area (Å²) >= 11 is 0. The van der Waals surface area contributed by atoms with Crippen LogP contribution in [0, 0.1) is 11.3 Å². The number of pyridine rings is 1. The number of nitrogens with zero attached hydrogens (tertiary/aromatic N) is 5. The number of fused-ring (bicyclic) bond motifs is 1. The fourth-order valence-corrected chi connectivity index (χ4v) is 2.78. The zero-order valence-corrected chi connectivity index (χ0v) is 13.6. The molecular weight excluding hydrogens is 286 g/mol. The number of aryl methyl sites for hydroxylation is 2. The lowest BCUT2D eigenvalue weighted by molar-refractivity contribution is 0.946. The van der Waals surface area contributed by atoms with Gasteiger partial charge in [-0.15, -0.1) is 0 Å². The molecule has 3 aromatic rings. The van der Waals surface area contributed by atoms with Gasteiger partial charge in [0.2, 0.25) is 0 Å². The van der Waals surface area contributed by atoms with Crippen LogP contribution in [0.3, 0.4) is 0 Å². The molecule has 2 aromatic heterocycles. The van der Waals surface area contributed by atoms with Crippen molar-refractivity contribution in [1.82, 2.24) is 14.5 Å². The van der Waals surface area contributed by atoms with Crippen molar-refractivity contribution >= 4 is 22.5 Å². The summed E-state index contributed by atoms with van der Waals surface area (Å²) in [7, 11) is 4.00. The molecule has 0 spiro atoms. The highest BCUT2D eigenvalue weighted by Gasteiger charge is 2.12. The molecule has 2 heterocycles. The van der Waals surface area contributed by atoms with Gasteiger partial charge in [0.1, 0.15) is 11.3 Å². The van der Waals surface area contributed by atoms with Gasteiger partial charge in [-0.1, -0.05) is 19.1 Å². The second-order valence-corrected chi connectivity index (χ2v) is 5.60. The third kappa shape index (κ3) is 2.76. The number of rotatable bonds is 4. The van der Waals surface area contributed by atoms with Gasteiger partial charge in [-0.3, -0.25) is 0 Å². The summed E-state index contributed by atoms with van der Waals surface area (Å²) in [5.74, 6) is 0.879. The molecular formula is C18H19N5. The van der Waals surface area contributed by atoms with E-state index in [1.54, 1.807) is 12.5 Å². The molecule has 5 heteroatoms. The molecule has 0 aliphatic carbocycles. The van der Waals surface area contributed by atoms with E-state index in [-0.39, 0.29) is 0 Å². The lowest BCUT2D eigenvalue weighted by Crippen LogP contribution is -2.13. The van der Waals surface area contributed by atoms with E-state index in [4.69, 9.17) is 5.26 Å². The quantitative estimate of drug-likeness (QED) is 0.741. The molecule has 0 aliphatic heterocycles. The molecule has 1 aromatic carbocycles. The molecule has 0 atom stereocenters. The van der Waals surface area contributed by atoms with Gasteiger partial charge in [0.25, 0.3) is 0 Å². The normalized spacial score (nSPS) is 10.7. The first-order valence-electron chi connectivity index (χ1n) is 7.63. The van der Waals surface area contributed by atoms with Gasteiger partial charge in [0.15, 0.2) is 0 Å². The largest absolute Gasteiger partial charge is 0.334 e. The maximum atomic E-state index is 8.87. The zero-order valence-electron chi connectivity index (χ0n) is 13.6. The topological polar surface area (TPSA) is 57.7 Å². The zero-order chi connectivity index (χ0) is 16.4. The average Bonchev–Trinajstić information content (AvgIpc) is 2.95. The van der Waals surface area contributed by atoms with Crippen LogP contribution in [0.2, 0.25) is 0 Å². The summed E-state index contributed by atoms with van der Waals surface area (Å²) in [6.45, 7) is 2.13. The molecule has 0 amide bonds. The van der Waals surface area contributed by atoms with Crippen molar-refractivity contribution in [3.05, 3.63) is 47.9 Å². The van der Waals surface area contributed by atoms with Crippen molar-refractivity contribution in [2.24, 2.45) is 7.05 Å². The van der Waals surface area contributed by atoms with E-state index in [0.29, 0.717) is 6.42 Å². The predicted molar refractivity (Wildman–Crippen MR) is 91.7 cm³/mol. The Bertz CT molecular complexity index is 888. The minimum absolute atomic E-state index is 0.441. The molecule has 0 N–H and O–H groups in total. The Balaban J connectivity index is 2.02. The Morgan fingerprint density at radius 2 is 2.09 bits per heavy atom. The summed E-state index contributed by atoms with van der Waals surface area (Å²) in [5, 5.41) is 8.87. The van der Waals surface area contributed by atoms with E-state index >= 15 is 0 Å². The van der Waals surface area contributed by atoms with Crippen LogP contribution < -0.4 is 4.90 Å². The van der Waals surface area contributed by atoms with E-state index in [1.807, 2.05) is 30.8 Å². The summed E-state index contributed by atoms with van der Waals surface area (Å²) in [6.07, 6.45) is 4.95. The number of benzene rings is 1. The van der Waals surface area contributed by atoms with Crippen molar-refractivity contribution in [2.75, 3.05) is 11.9 Å². The van der Waals surface area contributed by atoms with Gasteiger partial charge in [0.05, 0.1) is 30.5 Å². The third-order valence-corrected chi connectivity index (χ3v) is 4.11. The molecule has 0 fully saturated rings. The predicted octanol–water partition coefficient (Wildman–Crippen LogP) is 3.36. The molecule has 3 rings (SSSR count). The van der Waals surface area contributed by atoms with Gasteiger partial charge in [0, 0.05) is 25.8 Å². The summed E-state index contributed by atoms with van der Waals surface area (Å²) in [4.78, 5) is 10.9. The van der Waals surface area contributed by atoms with Crippen LogP contribution in [-0.4, -0.2) is 21.6 Å². The number of hydrogen-bond acceptors (Lipinski definition) is 4. The average molecular weight is 305 g/mol. The number of imidazole rings is 1. The standard InChI is InChI=1S/C18H19N5/c1-4-14-9-13(7-8-19)5-6-16(14)23(3)18-10-17-15(11-20-18)21-12-22(17)2/h5-6,9-12H,4,7H2,1-3H3. The van der Waals surface area contributed by atoms with Crippen molar-refractivity contribution in [1.29, 1.82) is 5.26 Å². The van der Waals surface area contributed by atoms with Crippen LogP contribution in [-0.2, 0) is 19.9 Å². The molecule has 0 aliphatic rings. The molecule has 0 unspecified atom stereocenters. The molecule has 116 valence electrons. The molecule has 0 saturated heterocycles. The van der Waals surface area contributed by atoms with Crippen LogP contribution in [0.25, 0.3) is 11.0 Å². The second-order valence-electron chi connectivity index (χ2n) is 5.60. The fraction of sp³-hybridized carbons (Fsp3) is 0.278. The van der Waals surface area contributed by atoms with Crippen LogP contribution in [0.15, 0.2) is 36.8 Å². The lowest BCUT2D eigenvalue weighted by atomic mass is 10.0. The highest BCUT2D eigenvalue weighted by Crippen LogP contribution is 2.28. The van der Waals surface area contributed by atoms with E-state index in [1.165, 1.54) is 5.56 Å². The number of aromatic nitrogens is 3. The number of hydrogen-bond donors (Lipinski definition) is 0. The van der Waals surface area contributed by atoms with Crippen molar-refractivity contribution in [3.63, 3.8) is 0 Å². The van der Waals surface area contributed by atoms with Crippen molar-refractivity contribution < 1.29 is 0 Å². The Morgan fingerprint density at radius 1 is 1.26 bits per heavy atom. The smallest absolute Gasteiger partial charge is 0.134 e. The van der Waals surface area contributed by atoms with Gasteiger partial charge in [-0.2, -0.15) is 5.26 Å². The molecule has 0 bridgehead atoms. The van der Waals surface area contributed by atoms with Crippen molar-refractivity contribution in [2.45, 2.75) is 19.8 Å².